The van der Waals surface area contributed by atoms with Gasteiger partial charge in [0, 0.05) is 31.9 Å². The van der Waals surface area contributed by atoms with E-state index in [1.54, 1.807) is 7.11 Å². The monoisotopic (exact) mass is 450 g/mol. The summed E-state index contributed by atoms with van der Waals surface area (Å²) < 4.78 is 11.4. The highest BCUT2D eigenvalue weighted by atomic mass is 16.5. The molecule has 7 nitrogen and oxygen atoms in total. The van der Waals surface area contributed by atoms with Crippen LogP contribution in [0.3, 0.4) is 0 Å². The number of aromatic nitrogens is 2. The summed E-state index contributed by atoms with van der Waals surface area (Å²) in [6.45, 7) is 2.94. The molecule has 2 aromatic carbocycles. The highest BCUT2D eigenvalue weighted by Gasteiger charge is 2.18. The maximum Gasteiger partial charge on any atom is 0.161 e. The molecule has 1 heterocycles. The van der Waals surface area contributed by atoms with E-state index in [0.29, 0.717) is 24.6 Å². The van der Waals surface area contributed by atoms with Gasteiger partial charge < -0.3 is 19.9 Å². The van der Waals surface area contributed by atoms with Crippen LogP contribution in [0.15, 0.2) is 48.5 Å². The van der Waals surface area contributed by atoms with E-state index in [1.807, 2.05) is 43.4 Å². The minimum atomic E-state index is -0.605. The number of hydrogen-bond acceptors (Lipinski definition) is 6. The number of nitrogens with zero attached hydrogens (tertiary/aromatic N) is 2. The molecule has 1 aliphatic carbocycles. The Morgan fingerprint density at radius 2 is 1.94 bits per heavy atom. The van der Waals surface area contributed by atoms with Gasteiger partial charge in [-0.2, -0.15) is 5.10 Å². The van der Waals surface area contributed by atoms with Crippen molar-refractivity contribution in [2.75, 3.05) is 27.3 Å². The van der Waals surface area contributed by atoms with E-state index in [-0.39, 0.29) is 6.61 Å². The molecular formula is C26H34N4O3. The van der Waals surface area contributed by atoms with Crippen LogP contribution in [0, 0.1) is 0 Å². The number of fused-ring (bicyclic) bond motifs is 1. The molecule has 7 heteroatoms. The number of likely N-dealkylation sites (N-methyl/N-ethyl adjacent to an activating group) is 1. The molecule has 0 aliphatic heterocycles. The second kappa shape index (κ2) is 11.3. The average molecular weight is 451 g/mol. The second-order valence-corrected chi connectivity index (χ2v) is 8.72. The Labute approximate surface area is 195 Å². The molecular weight excluding hydrogens is 416 g/mol. The van der Waals surface area contributed by atoms with Crippen LogP contribution in [0.1, 0.15) is 34.5 Å². The van der Waals surface area contributed by atoms with Gasteiger partial charge in [-0.1, -0.05) is 36.4 Å². The Hall–Kier alpha value is -2.87. The molecule has 4 rings (SSSR count). The number of aliphatic hydroxyl groups excluding tert-OH is 1. The molecule has 0 amide bonds. The van der Waals surface area contributed by atoms with Crippen LogP contribution in [0.2, 0.25) is 0 Å². The van der Waals surface area contributed by atoms with Crippen LogP contribution in [0.4, 0.5) is 0 Å². The fourth-order valence-corrected chi connectivity index (χ4v) is 4.36. The second-order valence-electron chi connectivity index (χ2n) is 8.72. The van der Waals surface area contributed by atoms with E-state index in [0.717, 1.165) is 37.2 Å². The SMILES string of the molecule is COc1ccc(CNCc2n[nH]c3c2CCC3)cc1OCC(O)CN(C)Cc1ccccc1. The number of benzene rings is 2. The zero-order chi connectivity index (χ0) is 23.0. The van der Waals surface area contributed by atoms with Gasteiger partial charge in [0.25, 0.3) is 0 Å². The van der Waals surface area contributed by atoms with Crippen molar-refractivity contribution >= 4 is 0 Å². The summed E-state index contributed by atoms with van der Waals surface area (Å²) in [4.78, 5) is 2.09. The molecule has 33 heavy (non-hydrogen) atoms. The molecule has 1 unspecified atom stereocenters. The molecule has 0 saturated carbocycles. The zero-order valence-electron chi connectivity index (χ0n) is 19.5. The van der Waals surface area contributed by atoms with Crippen molar-refractivity contribution in [2.45, 2.75) is 45.0 Å². The van der Waals surface area contributed by atoms with E-state index in [1.165, 1.54) is 23.2 Å². The number of aromatic amines is 1. The minimum Gasteiger partial charge on any atom is -0.493 e. The Morgan fingerprint density at radius 1 is 1.09 bits per heavy atom. The highest BCUT2D eigenvalue weighted by Crippen LogP contribution is 2.28. The summed E-state index contributed by atoms with van der Waals surface area (Å²) in [5, 5.41) is 21.6. The summed E-state index contributed by atoms with van der Waals surface area (Å²) in [5.41, 5.74) is 6.10. The lowest BCUT2D eigenvalue weighted by molar-refractivity contribution is 0.0732. The lowest BCUT2D eigenvalue weighted by Gasteiger charge is -2.21. The summed E-state index contributed by atoms with van der Waals surface area (Å²) in [6.07, 6.45) is 2.83. The number of ether oxygens (including phenoxy) is 2. The van der Waals surface area contributed by atoms with Crippen LogP contribution >= 0.6 is 0 Å². The lowest BCUT2D eigenvalue weighted by Crippen LogP contribution is -2.32. The molecule has 176 valence electrons. The predicted octanol–water partition coefficient (Wildman–Crippen LogP) is 3.07. The highest BCUT2D eigenvalue weighted by molar-refractivity contribution is 5.43. The van der Waals surface area contributed by atoms with Crippen molar-refractivity contribution in [2.24, 2.45) is 0 Å². The largest absolute Gasteiger partial charge is 0.493 e. The van der Waals surface area contributed by atoms with Gasteiger partial charge in [0.05, 0.1) is 12.8 Å². The Kier molecular flexibility index (Phi) is 7.99. The van der Waals surface area contributed by atoms with Gasteiger partial charge >= 0.3 is 0 Å². The van der Waals surface area contributed by atoms with Gasteiger partial charge in [-0.25, -0.2) is 0 Å². The first kappa shape index (κ1) is 23.3. The van der Waals surface area contributed by atoms with Crippen LogP contribution in [-0.2, 0) is 32.5 Å². The molecule has 3 N–H and O–H groups in total. The first-order chi connectivity index (χ1) is 16.1. The number of hydrogen-bond donors (Lipinski definition) is 3. The van der Waals surface area contributed by atoms with Crippen LogP contribution in [0.5, 0.6) is 11.5 Å². The zero-order valence-corrected chi connectivity index (χ0v) is 19.5. The Balaban J connectivity index is 1.27. The van der Waals surface area contributed by atoms with E-state index in [2.05, 4.69) is 32.5 Å². The fourth-order valence-electron chi connectivity index (χ4n) is 4.36. The number of H-pyrrole nitrogens is 1. The molecule has 0 fully saturated rings. The molecule has 0 saturated heterocycles. The third kappa shape index (κ3) is 6.35. The van der Waals surface area contributed by atoms with Crippen molar-refractivity contribution in [1.29, 1.82) is 0 Å². The molecule has 0 spiro atoms. The van der Waals surface area contributed by atoms with Crippen molar-refractivity contribution < 1.29 is 14.6 Å². The van der Waals surface area contributed by atoms with Gasteiger partial charge in [-0.05, 0) is 55.1 Å². The van der Waals surface area contributed by atoms with E-state index < -0.39 is 6.10 Å². The summed E-state index contributed by atoms with van der Waals surface area (Å²) in [6, 6.07) is 16.1. The normalized spacial score (nSPS) is 13.8. The van der Waals surface area contributed by atoms with Crippen LogP contribution in [0.25, 0.3) is 0 Å². The van der Waals surface area contributed by atoms with Crippen molar-refractivity contribution in [3.63, 3.8) is 0 Å². The standard InChI is InChI=1S/C26H34N4O3/c1-30(16-19-7-4-3-5-8-19)17-21(31)18-33-26-13-20(11-12-25(26)32-2)14-27-15-24-22-9-6-10-23(22)28-29-24/h3-5,7-8,11-13,21,27,31H,6,9-10,14-18H2,1-2H3,(H,28,29). The Morgan fingerprint density at radius 3 is 2.76 bits per heavy atom. The van der Waals surface area contributed by atoms with Gasteiger partial charge in [0.2, 0.25) is 0 Å². The van der Waals surface area contributed by atoms with E-state index in [9.17, 15) is 5.11 Å². The number of methoxy groups -OCH3 is 1. The third-order valence-corrected chi connectivity index (χ3v) is 5.99. The fraction of sp³-hybridized carbons (Fsp3) is 0.423. The molecule has 0 radical (unpaired) electrons. The van der Waals surface area contributed by atoms with Crippen LogP contribution < -0.4 is 14.8 Å². The third-order valence-electron chi connectivity index (χ3n) is 5.99. The van der Waals surface area contributed by atoms with Crippen molar-refractivity contribution in [1.82, 2.24) is 20.4 Å². The molecule has 1 aromatic heterocycles. The minimum absolute atomic E-state index is 0.200. The smallest absolute Gasteiger partial charge is 0.161 e. The van der Waals surface area contributed by atoms with Crippen molar-refractivity contribution in [3.8, 4) is 11.5 Å². The number of nitrogens with one attached hydrogen (secondary N) is 2. The molecule has 0 bridgehead atoms. The number of rotatable bonds is 12. The van der Waals surface area contributed by atoms with E-state index >= 15 is 0 Å². The van der Waals surface area contributed by atoms with E-state index in [4.69, 9.17) is 9.47 Å². The molecule has 3 aromatic rings. The topological polar surface area (TPSA) is 82.6 Å². The maximum atomic E-state index is 10.5. The quantitative estimate of drug-likeness (QED) is 0.393. The summed E-state index contributed by atoms with van der Waals surface area (Å²) in [7, 11) is 3.63. The van der Waals surface area contributed by atoms with Crippen molar-refractivity contribution in [3.05, 3.63) is 76.6 Å². The average Bonchev–Trinajstić information content (AvgIpc) is 3.43. The number of aryl methyl sites for hydroxylation is 1. The lowest BCUT2D eigenvalue weighted by atomic mass is 10.1. The van der Waals surface area contributed by atoms with Gasteiger partial charge in [0.15, 0.2) is 11.5 Å². The molecule has 1 atom stereocenters. The first-order valence-corrected chi connectivity index (χ1v) is 11.6. The van der Waals surface area contributed by atoms with Gasteiger partial charge in [-0.3, -0.25) is 10.00 Å². The van der Waals surface area contributed by atoms with Gasteiger partial charge in [-0.15, -0.1) is 0 Å². The maximum absolute atomic E-state index is 10.5. The first-order valence-electron chi connectivity index (χ1n) is 11.6. The number of aliphatic hydroxyl groups is 1. The molecule has 1 aliphatic rings. The Bertz CT molecular complexity index is 1020. The summed E-state index contributed by atoms with van der Waals surface area (Å²) >= 11 is 0. The van der Waals surface area contributed by atoms with Gasteiger partial charge in [0.1, 0.15) is 12.7 Å². The van der Waals surface area contributed by atoms with Crippen LogP contribution in [-0.4, -0.2) is 53.6 Å². The predicted molar refractivity (Wildman–Crippen MR) is 128 cm³/mol. The summed E-state index contributed by atoms with van der Waals surface area (Å²) in [5.74, 6) is 1.30.